The molecule has 0 heterocycles. The van der Waals surface area contributed by atoms with Gasteiger partial charge in [-0.3, -0.25) is 9.59 Å². The fourth-order valence-corrected chi connectivity index (χ4v) is 1.47. The summed E-state index contributed by atoms with van der Waals surface area (Å²) in [6, 6.07) is 0. The smallest absolute Gasteiger partial charge is 0.306 e. The van der Waals surface area contributed by atoms with Crippen LogP contribution in [0.15, 0.2) is 0 Å². The van der Waals surface area contributed by atoms with Crippen LogP contribution < -0.4 is 0 Å². The number of hydrogen-bond acceptors (Lipinski definition) is 2. The summed E-state index contributed by atoms with van der Waals surface area (Å²) in [6.45, 7) is 1.67. The van der Waals surface area contributed by atoms with E-state index in [0.29, 0.717) is 12.8 Å². The minimum atomic E-state index is -0.787. The Morgan fingerprint density at radius 3 is 2.73 bits per heavy atom. The molecule has 0 amide bonds. The van der Waals surface area contributed by atoms with E-state index >= 15 is 0 Å². The molecule has 3 nitrogen and oxygen atoms in total. The van der Waals surface area contributed by atoms with Gasteiger partial charge < -0.3 is 5.11 Å². The summed E-state index contributed by atoms with van der Waals surface area (Å²) in [5, 5.41) is 8.62. The van der Waals surface area contributed by atoms with Crippen LogP contribution in [0.5, 0.6) is 0 Å². The summed E-state index contributed by atoms with van der Waals surface area (Å²) < 4.78 is 0. The van der Waals surface area contributed by atoms with Crippen molar-refractivity contribution in [1.82, 2.24) is 0 Å². The van der Waals surface area contributed by atoms with E-state index < -0.39 is 5.97 Å². The first-order valence-electron chi connectivity index (χ1n) is 3.85. The monoisotopic (exact) mass is 156 g/mol. The van der Waals surface area contributed by atoms with Crippen LogP contribution in [0.2, 0.25) is 0 Å². The van der Waals surface area contributed by atoms with Crippen LogP contribution in [0.3, 0.4) is 0 Å². The molecule has 1 saturated carbocycles. The number of Topliss-reactive ketones (excluding diaryl/α,β-unsaturated/α-hetero) is 1. The summed E-state index contributed by atoms with van der Waals surface area (Å²) in [7, 11) is 0. The summed E-state index contributed by atoms with van der Waals surface area (Å²) >= 11 is 0. The molecule has 62 valence electrons. The number of hydrogen-bond donors (Lipinski definition) is 1. The first-order chi connectivity index (χ1) is 5.11. The lowest BCUT2D eigenvalue weighted by Crippen LogP contribution is -2.18. The Bertz CT molecular complexity index is 186. The predicted molar refractivity (Wildman–Crippen MR) is 39.1 cm³/mol. The van der Waals surface area contributed by atoms with E-state index in [4.69, 9.17) is 5.11 Å². The molecule has 0 spiro atoms. The van der Waals surface area contributed by atoms with Crippen molar-refractivity contribution in [3.63, 3.8) is 0 Å². The Morgan fingerprint density at radius 2 is 2.36 bits per heavy atom. The molecule has 0 aromatic heterocycles. The normalized spacial score (nSPS) is 27.0. The first kappa shape index (κ1) is 8.24. The highest BCUT2D eigenvalue weighted by molar-refractivity contribution is 5.82. The zero-order valence-corrected chi connectivity index (χ0v) is 6.54. The number of carboxylic acids is 1. The Balaban J connectivity index is 2.49. The van der Waals surface area contributed by atoms with Crippen LogP contribution in [-0.2, 0) is 9.59 Å². The molecule has 0 radical (unpaired) electrons. The van der Waals surface area contributed by atoms with Gasteiger partial charge in [-0.25, -0.2) is 0 Å². The molecule has 1 rings (SSSR count). The van der Waals surface area contributed by atoms with Crippen molar-refractivity contribution in [3.05, 3.63) is 0 Å². The molecule has 1 N–H and O–H groups in total. The molecular formula is C8H12O3. The topological polar surface area (TPSA) is 54.4 Å². The van der Waals surface area contributed by atoms with Gasteiger partial charge in [0.05, 0.1) is 5.92 Å². The lowest BCUT2D eigenvalue weighted by Gasteiger charge is -2.11. The third-order valence-corrected chi connectivity index (χ3v) is 2.38. The predicted octanol–water partition coefficient (Wildman–Crippen LogP) is 1.08. The van der Waals surface area contributed by atoms with Gasteiger partial charge in [-0.1, -0.05) is 6.92 Å². The average Bonchev–Trinajstić information content (AvgIpc) is 2.34. The number of ketones is 1. The highest BCUT2D eigenvalue weighted by Gasteiger charge is 2.30. The third-order valence-electron chi connectivity index (χ3n) is 2.38. The van der Waals surface area contributed by atoms with Gasteiger partial charge in [-0.2, -0.15) is 0 Å². The van der Waals surface area contributed by atoms with Gasteiger partial charge in [-0.15, -0.1) is 0 Å². The van der Waals surface area contributed by atoms with E-state index in [2.05, 4.69) is 0 Å². The fourth-order valence-electron chi connectivity index (χ4n) is 1.47. The second kappa shape index (κ2) is 3.03. The van der Waals surface area contributed by atoms with Crippen molar-refractivity contribution < 1.29 is 14.7 Å². The maximum Gasteiger partial charge on any atom is 0.306 e. The molecule has 3 heteroatoms. The van der Waals surface area contributed by atoms with Gasteiger partial charge in [0.2, 0.25) is 0 Å². The van der Waals surface area contributed by atoms with Crippen molar-refractivity contribution in [1.29, 1.82) is 0 Å². The minimum absolute atomic E-state index is 0.0833. The van der Waals surface area contributed by atoms with Gasteiger partial charge in [-0.05, 0) is 12.3 Å². The molecule has 0 aromatic rings. The van der Waals surface area contributed by atoms with Gasteiger partial charge in [0.25, 0.3) is 0 Å². The van der Waals surface area contributed by atoms with E-state index in [1.807, 2.05) is 0 Å². The number of aliphatic carboxylic acids is 1. The lowest BCUT2D eigenvalue weighted by molar-refractivity contribution is -0.142. The van der Waals surface area contributed by atoms with E-state index in [1.54, 1.807) is 6.92 Å². The van der Waals surface area contributed by atoms with Gasteiger partial charge in [0.15, 0.2) is 0 Å². The van der Waals surface area contributed by atoms with Crippen LogP contribution >= 0.6 is 0 Å². The molecule has 0 saturated heterocycles. The standard InChI is InChI=1S/C8H12O3/c1-5(8(10)11)6-2-3-7(9)4-6/h5-6H,2-4H2,1H3,(H,10,11)/t5-,6-/m1/s1. The second-order valence-corrected chi connectivity index (χ2v) is 3.17. The van der Waals surface area contributed by atoms with E-state index in [-0.39, 0.29) is 17.6 Å². The van der Waals surface area contributed by atoms with Crippen LogP contribution in [-0.4, -0.2) is 16.9 Å². The highest BCUT2D eigenvalue weighted by Crippen LogP contribution is 2.28. The molecule has 0 aromatic carbocycles. The molecular weight excluding hydrogens is 144 g/mol. The van der Waals surface area contributed by atoms with Crippen molar-refractivity contribution >= 4 is 11.8 Å². The Morgan fingerprint density at radius 1 is 1.73 bits per heavy atom. The summed E-state index contributed by atoms with van der Waals surface area (Å²) in [5.41, 5.74) is 0. The highest BCUT2D eigenvalue weighted by atomic mass is 16.4. The molecule has 2 atom stereocenters. The van der Waals surface area contributed by atoms with E-state index in [9.17, 15) is 9.59 Å². The van der Waals surface area contributed by atoms with Crippen LogP contribution in [0, 0.1) is 11.8 Å². The van der Waals surface area contributed by atoms with Crippen LogP contribution in [0.1, 0.15) is 26.2 Å². The lowest BCUT2D eigenvalue weighted by atomic mass is 9.93. The molecule has 1 aliphatic carbocycles. The number of rotatable bonds is 2. The molecule has 1 fully saturated rings. The Labute approximate surface area is 65.4 Å². The summed E-state index contributed by atoms with van der Waals surface area (Å²) in [5.74, 6) is -0.853. The maximum absolute atomic E-state index is 10.8. The van der Waals surface area contributed by atoms with Crippen molar-refractivity contribution in [2.75, 3.05) is 0 Å². The fraction of sp³-hybridized carbons (Fsp3) is 0.750. The minimum Gasteiger partial charge on any atom is -0.481 e. The maximum atomic E-state index is 10.8. The average molecular weight is 156 g/mol. The zero-order valence-electron chi connectivity index (χ0n) is 6.54. The van der Waals surface area contributed by atoms with E-state index in [0.717, 1.165) is 6.42 Å². The van der Waals surface area contributed by atoms with Crippen LogP contribution in [0.4, 0.5) is 0 Å². The Kier molecular flexibility index (Phi) is 2.27. The first-order valence-corrected chi connectivity index (χ1v) is 3.85. The Hall–Kier alpha value is -0.860. The largest absolute Gasteiger partial charge is 0.481 e. The van der Waals surface area contributed by atoms with Crippen molar-refractivity contribution in [2.24, 2.45) is 11.8 Å². The number of carbonyl (C=O) groups excluding carboxylic acids is 1. The van der Waals surface area contributed by atoms with Crippen LogP contribution in [0.25, 0.3) is 0 Å². The molecule has 0 unspecified atom stereocenters. The van der Waals surface area contributed by atoms with Crippen molar-refractivity contribution in [3.8, 4) is 0 Å². The molecule has 0 bridgehead atoms. The zero-order chi connectivity index (χ0) is 8.43. The second-order valence-electron chi connectivity index (χ2n) is 3.17. The third kappa shape index (κ3) is 1.79. The summed E-state index contributed by atoms with van der Waals surface area (Å²) in [6.07, 6.45) is 1.79. The molecule has 0 aliphatic heterocycles. The molecule has 1 aliphatic rings. The van der Waals surface area contributed by atoms with Gasteiger partial charge >= 0.3 is 5.97 Å². The number of carbonyl (C=O) groups is 2. The van der Waals surface area contributed by atoms with E-state index in [1.165, 1.54) is 0 Å². The number of carboxylic acid groups (broad SMARTS) is 1. The SMILES string of the molecule is C[C@@H](C(=O)O)[C@@H]1CCC(=O)C1. The summed E-state index contributed by atoms with van der Waals surface area (Å²) in [4.78, 5) is 21.3. The molecule has 11 heavy (non-hydrogen) atoms. The van der Waals surface area contributed by atoms with Gasteiger partial charge in [0.1, 0.15) is 5.78 Å². The van der Waals surface area contributed by atoms with Gasteiger partial charge in [0, 0.05) is 12.8 Å². The van der Waals surface area contributed by atoms with Crippen molar-refractivity contribution in [2.45, 2.75) is 26.2 Å². The quantitative estimate of drug-likeness (QED) is 0.650.